The highest BCUT2D eigenvalue weighted by Crippen LogP contribution is 2.27. The molecular weight excluding hydrogens is 579 g/mol. The molecule has 2 aromatic heterocycles. The Morgan fingerprint density at radius 2 is 1.09 bits per heavy atom. The minimum absolute atomic E-state index is 0.227. The predicted octanol–water partition coefficient (Wildman–Crippen LogP) is 7.97. The molecule has 1 unspecified atom stereocenters. The van der Waals surface area contributed by atoms with Crippen LogP contribution in [0, 0.1) is 0 Å². The van der Waals surface area contributed by atoms with Gasteiger partial charge in [0.1, 0.15) is 0 Å². The first-order valence-electron chi connectivity index (χ1n) is 13.8. The summed E-state index contributed by atoms with van der Waals surface area (Å²) in [5, 5.41) is 8.76. The van der Waals surface area contributed by atoms with E-state index < -0.39 is 0 Å². The maximum Gasteiger partial charge on any atom is 0.252 e. The highest BCUT2D eigenvalue weighted by Gasteiger charge is 2.18. The van der Waals surface area contributed by atoms with Crippen LogP contribution in [0.1, 0.15) is 27.6 Å². The lowest BCUT2D eigenvalue weighted by atomic mass is 10.0. The van der Waals surface area contributed by atoms with Gasteiger partial charge in [-0.3, -0.25) is 9.59 Å². The van der Waals surface area contributed by atoms with Gasteiger partial charge in [-0.2, -0.15) is 0 Å². The molecule has 212 valence electrons. The number of carbonyl (C=O) groups is 2. The summed E-state index contributed by atoms with van der Waals surface area (Å²) in [4.78, 5) is 36.5. The zero-order valence-corrected chi connectivity index (χ0v) is 24.7. The molecule has 0 radical (unpaired) electrons. The maximum atomic E-state index is 13.5. The van der Waals surface area contributed by atoms with Crippen molar-refractivity contribution >= 4 is 56.8 Å². The average molecular weight is 606 g/mol. The van der Waals surface area contributed by atoms with Gasteiger partial charge in [0.25, 0.3) is 11.8 Å². The zero-order valence-electron chi connectivity index (χ0n) is 23.1. The van der Waals surface area contributed by atoms with Crippen LogP contribution >= 0.6 is 23.2 Å². The van der Waals surface area contributed by atoms with Crippen molar-refractivity contribution in [3.8, 4) is 22.5 Å². The number of carbonyl (C=O) groups excluding carboxylic acids is 2. The van der Waals surface area contributed by atoms with Gasteiger partial charge < -0.3 is 10.6 Å². The summed E-state index contributed by atoms with van der Waals surface area (Å²) in [6.07, 6.45) is 0. The van der Waals surface area contributed by atoms with Crippen molar-refractivity contribution in [2.24, 2.45) is 0 Å². The Kier molecular flexibility index (Phi) is 8.05. The number of amides is 2. The molecule has 4 aromatic carbocycles. The number of aromatic nitrogens is 2. The molecule has 8 heteroatoms. The van der Waals surface area contributed by atoms with Gasteiger partial charge >= 0.3 is 0 Å². The van der Waals surface area contributed by atoms with E-state index in [2.05, 4.69) is 10.6 Å². The second kappa shape index (κ2) is 12.2. The number of fused-ring (bicyclic) bond motifs is 2. The van der Waals surface area contributed by atoms with Crippen molar-refractivity contribution < 1.29 is 9.59 Å². The van der Waals surface area contributed by atoms with Gasteiger partial charge in [-0.15, -0.1) is 0 Å². The van der Waals surface area contributed by atoms with Crippen LogP contribution in [0.2, 0.25) is 10.0 Å². The molecule has 6 nitrogen and oxygen atoms in total. The molecule has 0 aliphatic rings. The number of benzene rings is 4. The fourth-order valence-corrected chi connectivity index (χ4v) is 5.21. The van der Waals surface area contributed by atoms with Gasteiger partial charge in [-0.05, 0) is 55.5 Å². The molecule has 0 aliphatic carbocycles. The standard InChI is InChI=1S/C35H26Cl2N4O2/c1-21(39-35(43)29-19-33(23-12-16-25(37)17-13-23)41-31-9-5-3-7-27(29)31)20-38-34(42)28-18-32(22-10-14-24(36)15-11-22)40-30-8-4-2-6-26(28)30/h2-19,21H,20H2,1H3,(H,38,42)(H,39,43). The predicted molar refractivity (Wildman–Crippen MR) is 174 cm³/mol. The second-order valence-electron chi connectivity index (χ2n) is 10.2. The zero-order chi connectivity index (χ0) is 29.9. The highest BCUT2D eigenvalue weighted by atomic mass is 35.5. The molecule has 6 rings (SSSR count). The molecule has 2 amide bonds. The summed E-state index contributed by atoms with van der Waals surface area (Å²) < 4.78 is 0. The lowest BCUT2D eigenvalue weighted by Gasteiger charge is -2.17. The number of hydrogen-bond donors (Lipinski definition) is 2. The van der Waals surface area contributed by atoms with Crippen molar-refractivity contribution in [1.29, 1.82) is 0 Å². The lowest BCUT2D eigenvalue weighted by Crippen LogP contribution is -2.42. The molecule has 0 aliphatic heterocycles. The van der Waals surface area contributed by atoms with E-state index in [0.29, 0.717) is 43.6 Å². The quantitative estimate of drug-likeness (QED) is 0.193. The minimum atomic E-state index is -0.355. The number of halogens is 2. The fourth-order valence-electron chi connectivity index (χ4n) is 4.96. The number of nitrogens with one attached hydrogen (secondary N) is 2. The van der Waals surface area contributed by atoms with Crippen molar-refractivity contribution in [3.63, 3.8) is 0 Å². The van der Waals surface area contributed by atoms with Crippen LogP contribution in [-0.4, -0.2) is 34.4 Å². The van der Waals surface area contributed by atoms with E-state index in [-0.39, 0.29) is 24.4 Å². The molecule has 1 atom stereocenters. The van der Waals surface area contributed by atoms with Crippen LogP contribution in [0.5, 0.6) is 0 Å². The summed E-state index contributed by atoms with van der Waals surface area (Å²) in [6.45, 7) is 2.08. The Balaban J connectivity index is 1.21. The number of rotatable bonds is 7. The van der Waals surface area contributed by atoms with Crippen LogP contribution in [0.3, 0.4) is 0 Å². The van der Waals surface area contributed by atoms with Crippen LogP contribution in [0.25, 0.3) is 44.3 Å². The van der Waals surface area contributed by atoms with E-state index in [1.165, 1.54) is 0 Å². The Bertz CT molecular complexity index is 1980. The molecule has 0 saturated heterocycles. The van der Waals surface area contributed by atoms with E-state index in [1.54, 1.807) is 36.4 Å². The van der Waals surface area contributed by atoms with Crippen LogP contribution in [0.4, 0.5) is 0 Å². The maximum absolute atomic E-state index is 13.5. The van der Waals surface area contributed by atoms with Crippen LogP contribution in [0.15, 0.2) is 109 Å². The van der Waals surface area contributed by atoms with Gasteiger partial charge in [0, 0.05) is 44.5 Å². The normalized spacial score (nSPS) is 11.8. The van der Waals surface area contributed by atoms with Gasteiger partial charge in [0.2, 0.25) is 0 Å². The van der Waals surface area contributed by atoms with Crippen molar-refractivity contribution in [2.75, 3.05) is 6.54 Å². The first kappa shape index (κ1) is 28.3. The van der Waals surface area contributed by atoms with E-state index in [0.717, 1.165) is 21.9 Å². The third-order valence-electron chi connectivity index (χ3n) is 7.15. The Morgan fingerprint density at radius 3 is 1.58 bits per heavy atom. The lowest BCUT2D eigenvalue weighted by molar-refractivity contribution is 0.0914. The van der Waals surface area contributed by atoms with Crippen LogP contribution in [-0.2, 0) is 0 Å². The summed E-state index contributed by atoms with van der Waals surface area (Å²) in [5.41, 5.74) is 5.47. The van der Waals surface area contributed by atoms with Gasteiger partial charge in [-0.1, -0.05) is 83.9 Å². The van der Waals surface area contributed by atoms with Crippen molar-refractivity contribution in [1.82, 2.24) is 20.6 Å². The van der Waals surface area contributed by atoms with Crippen molar-refractivity contribution in [2.45, 2.75) is 13.0 Å². The molecule has 6 aromatic rings. The SMILES string of the molecule is CC(CNC(=O)c1cc(-c2ccc(Cl)cc2)nc2ccccc12)NC(=O)c1cc(-c2ccc(Cl)cc2)nc2ccccc12. The van der Waals surface area contributed by atoms with Crippen LogP contribution < -0.4 is 10.6 Å². The number of nitrogens with zero attached hydrogens (tertiary/aromatic N) is 2. The molecule has 0 fully saturated rings. The topological polar surface area (TPSA) is 84.0 Å². The fraction of sp³-hybridized carbons (Fsp3) is 0.0857. The first-order valence-corrected chi connectivity index (χ1v) is 14.5. The number of pyridine rings is 2. The summed E-state index contributed by atoms with van der Waals surface area (Å²) in [7, 11) is 0. The summed E-state index contributed by atoms with van der Waals surface area (Å²) in [6, 6.07) is 32.9. The Morgan fingerprint density at radius 1 is 0.651 bits per heavy atom. The molecule has 0 saturated carbocycles. The highest BCUT2D eigenvalue weighted by molar-refractivity contribution is 6.31. The number of para-hydroxylation sites is 2. The molecule has 43 heavy (non-hydrogen) atoms. The smallest absolute Gasteiger partial charge is 0.252 e. The molecular formula is C35H26Cl2N4O2. The second-order valence-corrected chi connectivity index (χ2v) is 11.1. The molecule has 2 N–H and O–H groups in total. The average Bonchev–Trinajstić information content (AvgIpc) is 3.03. The Hall–Kier alpha value is -4.78. The monoisotopic (exact) mass is 604 g/mol. The van der Waals surface area contributed by atoms with E-state index in [4.69, 9.17) is 33.2 Å². The molecule has 0 spiro atoms. The third-order valence-corrected chi connectivity index (χ3v) is 7.65. The van der Waals surface area contributed by atoms with Gasteiger partial charge in [0.15, 0.2) is 0 Å². The summed E-state index contributed by atoms with van der Waals surface area (Å²) in [5.74, 6) is -0.510. The van der Waals surface area contributed by atoms with E-state index in [9.17, 15) is 9.59 Å². The largest absolute Gasteiger partial charge is 0.350 e. The minimum Gasteiger partial charge on any atom is -0.350 e. The van der Waals surface area contributed by atoms with Crippen molar-refractivity contribution in [3.05, 3.63) is 130 Å². The first-order chi connectivity index (χ1) is 20.9. The van der Waals surface area contributed by atoms with Gasteiger partial charge in [0.05, 0.1) is 33.5 Å². The number of hydrogen-bond acceptors (Lipinski definition) is 4. The summed E-state index contributed by atoms with van der Waals surface area (Å²) >= 11 is 12.1. The third kappa shape index (κ3) is 6.21. The van der Waals surface area contributed by atoms with E-state index in [1.807, 2.05) is 79.7 Å². The van der Waals surface area contributed by atoms with E-state index >= 15 is 0 Å². The van der Waals surface area contributed by atoms with Gasteiger partial charge in [-0.25, -0.2) is 9.97 Å². The molecule has 0 bridgehead atoms. The molecule has 2 heterocycles. The Labute approximate surface area is 258 Å².